The molecule has 6 nitrogen and oxygen atoms in total. The predicted molar refractivity (Wildman–Crippen MR) is 82.4 cm³/mol. The first-order valence-electron chi connectivity index (χ1n) is 7.20. The van der Waals surface area contributed by atoms with E-state index in [0.29, 0.717) is 24.0 Å². The summed E-state index contributed by atoms with van der Waals surface area (Å²) >= 11 is 5.95. The number of anilines is 2. The van der Waals surface area contributed by atoms with Gasteiger partial charge in [-0.3, -0.25) is 0 Å². The molecule has 1 saturated heterocycles. The van der Waals surface area contributed by atoms with Gasteiger partial charge < -0.3 is 15.5 Å². The third-order valence-electron chi connectivity index (χ3n) is 3.68. The van der Waals surface area contributed by atoms with Crippen molar-refractivity contribution in [3.05, 3.63) is 5.28 Å². The average molecular weight is 299 g/mol. The zero-order chi connectivity index (χ0) is 14.5. The molecule has 0 radical (unpaired) electrons. The molecule has 2 unspecified atom stereocenters. The summed E-state index contributed by atoms with van der Waals surface area (Å²) in [4.78, 5) is 15.0. The van der Waals surface area contributed by atoms with Crippen molar-refractivity contribution in [2.45, 2.75) is 45.2 Å². The Balaban J connectivity index is 1.99. The summed E-state index contributed by atoms with van der Waals surface area (Å²) in [5, 5.41) is 6.73. The number of aromatic nitrogens is 3. The van der Waals surface area contributed by atoms with Crippen molar-refractivity contribution in [3.8, 4) is 0 Å². The van der Waals surface area contributed by atoms with Crippen LogP contribution >= 0.6 is 11.6 Å². The molecule has 1 aliphatic rings. The average Bonchev–Trinajstić information content (AvgIpc) is 2.40. The minimum absolute atomic E-state index is 0.224. The summed E-state index contributed by atoms with van der Waals surface area (Å²) in [5.74, 6) is 1.10. The molecule has 1 aliphatic heterocycles. The highest BCUT2D eigenvalue weighted by molar-refractivity contribution is 6.28. The first-order chi connectivity index (χ1) is 9.58. The van der Waals surface area contributed by atoms with Gasteiger partial charge >= 0.3 is 0 Å². The summed E-state index contributed by atoms with van der Waals surface area (Å²) in [6.45, 7) is 6.24. The van der Waals surface area contributed by atoms with E-state index in [4.69, 9.17) is 11.6 Å². The molecule has 2 heterocycles. The van der Waals surface area contributed by atoms with Crippen LogP contribution in [0.4, 0.5) is 11.9 Å². The lowest BCUT2D eigenvalue weighted by Crippen LogP contribution is -2.42. The Morgan fingerprint density at radius 3 is 2.75 bits per heavy atom. The van der Waals surface area contributed by atoms with Crippen LogP contribution in [0, 0.1) is 0 Å². The van der Waals surface area contributed by atoms with Gasteiger partial charge in [0.25, 0.3) is 0 Å². The Hall–Kier alpha value is -1.14. The fraction of sp³-hybridized carbons (Fsp3) is 0.769. The van der Waals surface area contributed by atoms with Crippen molar-refractivity contribution in [2.24, 2.45) is 0 Å². The van der Waals surface area contributed by atoms with Gasteiger partial charge in [0, 0.05) is 25.2 Å². The van der Waals surface area contributed by atoms with E-state index in [0.717, 1.165) is 32.4 Å². The van der Waals surface area contributed by atoms with Crippen molar-refractivity contribution in [3.63, 3.8) is 0 Å². The molecule has 0 bridgehead atoms. The molecular weight excluding hydrogens is 276 g/mol. The topological polar surface area (TPSA) is 66.0 Å². The van der Waals surface area contributed by atoms with Crippen LogP contribution in [0.5, 0.6) is 0 Å². The van der Waals surface area contributed by atoms with E-state index in [1.807, 2.05) is 0 Å². The molecule has 1 fully saturated rings. The zero-order valence-corrected chi connectivity index (χ0v) is 13.1. The van der Waals surface area contributed by atoms with Crippen LogP contribution in [0.25, 0.3) is 0 Å². The van der Waals surface area contributed by atoms with E-state index in [1.165, 1.54) is 0 Å². The fourth-order valence-corrected chi connectivity index (χ4v) is 2.49. The third kappa shape index (κ3) is 4.18. The second-order valence-electron chi connectivity index (χ2n) is 5.37. The predicted octanol–water partition coefficient (Wildman–Crippen LogP) is 2.24. The lowest BCUT2D eigenvalue weighted by Gasteiger charge is -2.35. The van der Waals surface area contributed by atoms with Crippen molar-refractivity contribution < 1.29 is 0 Å². The van der Waals surface area contributed by atoms with E-state index >= 15 is 0 Å². The van der Waals surface area contributed by atoms with Crippen LogP contribution < -0.4 is 10.6 Å². The Kier molecular flexibility index (Phi) is 5.37. The summed E-state index contributed by atoms with van der Waals surface area (Å²) in [6, 6.07) is 0.954. The maximum atomic E-state index is 5.95. The highest BCUT2D eigenvalue weighted by Crippen LogP contribution is 2.19. The monoisotopic (exact) mass is 298 g/mol. The molecule has 112 valence electrons. The molecule has 20 heavy (non-hydrogen) atoms. The Morgan fingerprint density at radius 2 is 2.05 bits per heavy atom. The normalized spacial score (nSPS) is 23.6. The van der Waals surface area contributed by atoms with Gasteiger partial charge in [0.1, 0.15) is 0 Å². The summed E-state index contributed by atoms with van der Waals surface area (Å²) < 4.78 is 0. The lowest BCUT2D eigenvalue weighted by molar-refractivity contribution is 0.190. The standard InChI is InChI=1S/C13H23ClN6/c1-4-6-15-12-17-11(14)18-13(19-12)16-10-5-7-20(3)9(2)8-10/h9-10H,4-8H2,1-3H3,(H2,15,16,17,18,19). The maximum absolute atomic E-state index is 5.95. The molecule has 2 N–H and O–H groups in total. The molecule has 0 spiro atoms. The molecule has 1 aromatic heterocycles. The van der Waals surface area contributed by atoms with Crippen molar-refractivity contribution in [2.75, 3.05) is 30.8 Å². The van der Waals surface area contributed by atoms with Crippen LogP contribution in [0.15, 0.2) is 0 Å². The van der Waals surface area contributed by atoms with Crippen LogP contribution in [0.3, 0.4) is 0 Å². The number of hydrogen-bond acceptors (Lipinski definition) is 6. The van der Waals surface area contributed by atoms with Gasteiger partial charge in [0.2, 0.25) is 17.2 Å². The fourth-order valence-electron chi connectivity index (χ4n) is 2.33. The summed E-state index contributed by atoms with van der Waals surface area (Å²) in [6.07, 6.45) is 3.18. The van der Waals surface area contributed by atoms with Crippen molar-refractivity contribution in [1.29, 1.82) is 0 Å². The highest BCUT2D eigenvalue weighted by atomic mass is 35.5. The number of nitrogens with one attached hydrogen (secondary N) is 2. The van der Waals surface area contributed by atoms with Gasteiger partial charge in [0.15, 0.2) is 0 Å². The molecule has 2 rings (SSSR count). The van der Waals surface area contributed by atoms with Crippen LogP contribution in [0.2, 0.25) is 5.28 Å². The number of likely N-dealkylation sites (tertiary alicyclic amines) is 1. The van der Waals surface area contributed by atoms with E-state index in [9.17, 15) is 0 Å². The first-order valence-corrected chi connectivity index (χ1v) is 7.58. The molecule has 0 saturated carbocycles. The van der Waals surface area contributed by atoms with Gasteiger partial charge in [-0.15, -0.1) is 0 Å². The largest absolute Gasteiger partial charge is 0.354 e. The van der Waals surface area contributed by atoms with Crippen molar-refractivity contribution >= 4 is 23.5 Å². The zero-order valence-electron chi connectivity index (χ0n) is 12.4. The molecule has 2 atom stereocenters. The minimum Gasteiger partial charge on any atom is -0.354 e. The van der Waals surface area contributed by atoms with Gasteiger partial charge in [-0.25, -0.2) is 0 Å². The van der Waals surface area contributed by atoms with Crippen LogP contribution in [0.1, 0.15) is 33.1 Å². The Morgan fingerprint density at radius 1 is 1.30 bits per heavy atom. The lowest BCUT2D eigenvalue weighted by atomic mass is 9.99. The van der Waals surface area contributed by atoms with E-state index < -0.39 is 0 Å². The summed E-state index contributed by atoms with van der Waals surface area (Å²) in [5.41, 5.74) is 0. The van der Waals surface area contributed by atoms with Crippen molar-refractivity contribution in [1.82, 2.24) is 19.9 Å². The first kappa shape index (κ1) is 15.3. The Bertz CT molecular complexity index is 441. The Labute approximate surface area is 125 Å². The smallest absolute Gasteiger partial charge is 0.229 e. The molecule has 0 amide bonds. The number of halogens is 1. The van der Waals surface area contributed by atoms with Gasteiger partial charge in [0.05, 0.1) is 0 Å². The van der Waals surface area contributed by atoms with Gasteiger partial charge in [-0.2, -0.15) is 15.0 Å². The number of rotatable bonds is 5. The van der Waals surface area contributed by atoms with Crippen LogP contribution in [-0.4, -0.2) is 52.1 Å². The minimum atomic E-state index is 0.224. The van der Waals surface area contributed by atoms with E-state index in [-0.39, 0.29) is 5.28 Å². The SMILES string of the molecule is CCCNc1nc(Cl)nc(NC2CCN(C)C(C)C2)n1. The van der Waals surface area contributed by atoms with Gasteiger partial charge in [-0.1, -0.05) is 6.92 Å². The number of piperidine rings is 1. The molecule has 0 aliphatic carbocycles. The van der Waals surface area contributed by atoms with E-state index in [1.54, 1.807) is 0 Å². The second-order valence-corrected chi connectivity index (χ2v) is 5.71. The van der Waals surface area contributed by atoms with Crippen LogP contribution in [-0.2, 0) is 0 Å². The molecular formula is C13H23ClN6. The number of hydrogen-bond donors (Lipinski definition) is 2. The third-order valence-corrected chi connectivity index (χ3v) is 3.85. The molecule has 1 aromatic rings. The highest BCUT2D eigenvalue weighted by Gasteiger charge is 2.23. The number of nitrogens with zero attached hydrogens (tertiary/aromatic N) is 4. The maximum Gasteiger partial charge on any atom is 0.229 e. The quantitative estimate of drug-likeness (QED) is 0.869. The second kappa shape index (κ2) is 7.04. The molecule has 7 heteroatoms. The van der Waals surface area contributed by atoms with Gasteiger partial charge in [-0.05, 0) is 44.8 Å². The molecule has 0 aromatic carbocycles. The van der Waals surface area contributed by atoms with E-state index in [2.05, 4.69) is 51.4 Å². The summed E-state index contributed by atoms with van der Waals surface area (Å²) in [7, 11) is 2.16.